The molecule has 2 spiro atoms. The average Bonchev–Trinajstić information content (AvgIpc) is 4.17. The van der Waals surface area contributed by atoms with Crippen molar-refractivity contribution in [1.29, 1.82) is 0 Å². The Bertz CT molecular complexity index is 2950. The molecule has 0 radical (unpaired) electrons. The van der Waals surface area contributed by atoms with Gasteiger partial charge in [0.1, 0.15) is 29.6 Å². The molecule has 4 aliphatic heterocycles. The van der Waals surface area contributed by atoms with Crippen LogP contribution in [0.1, 0.15) is 132 Å². The highest BCUT2D eigenvalue weighted by Crippen LogP contribution is 2.63. The number of nitrogens with zero attached hydrogens (tertiary/aromatic N) is 1. The number of fused-ring (bicyclic) bond motifs is 4. The lowest BCUT2D eigenvalue weighted by molar-refractivity contribution is -0.136. The minimum absolute atomic E-state index is 0.00457. The highest BCUT2D eigenvalue weighted by Gasteiger charge is 2.72. The summed E-state index contributed by atoms with van der Waals surface area (Å²) < 4.78 is 38.8. The number of hydrogen-bond acceptors (Lipinski definition) is 13. The Labute approximate surface area is 454 Å². The van der Waals surface area contributed by atoms with E-state index < -0.39 is 64.3 Å². The molecule has 20 heteroatoms. The highest BCUT2D eigenvalue weighted by atomic mass is 35.5. The summed E-state index contributed by atoms with van der Waals surface area (Å²) in [6, 6.07) is 18.9. The topological polar surface area (TPSA) is 225 Å². The zero-order chi connectivity index (χ0) is 54.3. The van der Waals surface area contributed by atoms with Gasteiger partial charge in [0.25, 0.3) is 11.8 Å². The smallest absolute Gasteiger partial charge is 0.266 e. The molecule has 9 rings (SSSR count). The Morgan fingerprint density at radius 2 is 1.44 bits per heavy atom. The summed E-state index contributed by atoms with van der Waals surface area (Å²) in [5, 5.41) is 12.1. The zero-order valence-corrected chi connectivity index (χ0v) is 43.9. The molecule has 2 saturated heterocycles. The van der Waals surface area contributed by atoms with Gasteiger partial charge in [0.15, 0.2) is 11.6 Å². The molecule has 0 bridgehead atoms. The first-order chi connectivity index (χ1) is 37.2. The lowest BCUT2D eigenvalue weighted by atomic mass is 9.55. The van der Waals surface area contributed by atoms with Crippen LogP contribution in [0.5, 0.6) is 5.75 Å². The summed E-state index contributed by atoms with van der Waals surface area (Å²) in [6.45, 7) is 2.06. The molecule has 5 aliphatic rings. The van der Waals surface area contributed by atoms with Crippen molar-refractivity contribution >= 4 is 81.6 Å². The third-order valence-electron chi connectivity index (χ3n) is 15.3. The number of benzene rings is 4. The van der Waals surface area contributed by atoms with Crippen LogP contribution in [-0.4, -0.2) is 116 Å². The molecule has 1 unspecified atom stereocenters. The fourth-order valence-corrected chi connectivity index (χ4v) is 12.1. The van der Waals surface area contributed by atoms with Crippen LogP contribution in [0, 0.1) is 5.82 Å². The number of piperidine rings is 1. The van der Waals surface area contributed by atoms with Crippen LogP contribution in [0.15, 0.2) is 78.9 Å². The van der Waals surface area contributed by atoms with Crippen LogP contribution in [0.3, 0.4) is 0 Å². The van der Waals surface area contributed by atoms with Crippen LogP contribution in [0.2, 0.25) is 10.0 Å². The number of carbonyl (C=O) groups is 8. The van der Waals surface area contributed by atoms with E-state index in [0.29, 0.717) is 112 Å². The summed E-state index contributed by atoms with van der Waals surface area (Å²) in [7, 11) is 0. The molecular formula is C57H60Cl2FN5O12. The maximum atomic E-state index is 16.3. The van der Waals surface area contributed by atoms with Crippen molar-refractivity contribution in [2.75, 3.05) is 56.9 Å². The Hall–Kier alpha value is -6.41. The summed E-state index contributed by atoms with van der Waals surface area (Å²) in [5.74, 6) is -5.15. The number of imide groups is 2. The molecule has 0 aromatic heterocycles. The number of Topliss-reactive ketones (excluding diaryl/α,β-unsaturated/α-hetero) is 2. The normalized spacial score (nSPS) is 21.3. The van der Waals surface area contributed by atoms with E-state index in [1.165, 1.54) is 24.3 Å². The van der Waals surface area contributed by atoms with E-state index in [1.807, 2.05) is 6.07 Å². The molecule has 4 aromatic rings. The van der Waals surface area contributed by atoms with Crippen molar-refractivity contribution in [2.45, 2.75) is 112 Å². The van der Waals surface area contributed by atoms with Gasteiger partial charge in [0, 0.05) is 65.9 Å². The third kappa shape index (κ3) is 11.5. The van der Waals surface area contributed by atoms with Gasteiger partial charge in [-0.3, -0.25) is 53.9 Å². The summed E-state index contributed by atoms with van der Waals surface area (Å²) in [6.07, 6.45) is 6.80. The summed E-state index contributed by atoms with van der Waals surface area (Å²) in [4.78, 5) is 106. The molecule has 1 saturated carbocycles. The average molecular weight is 1100 g/mol. The standard InChI is InChI=1S/C57H60Cl2FN5O12/c58-35-18-21-40-42(32-35)62-55(73)57(40)48(39-12-8-13-41(59)49(39)60)50(64-56(57)24-4-1-5-25-56)52(70)61-36-19-16-34(17-20-36)44(67)14-3-7-27-75-29-31-76-30-28-74-26-6-2-10-37(66)33-77-45-15-9-11-38-47(45)54(72)65(53(38)71)43-22-23-46(68)63-51(43)69/h8-9,11-13,15-21,32,43,48,50,64H,1-7,10,14,22-31,33H2,(H,61,70)(H,62,73)(H,63,68,69)/t43?,48-,50+,57+/m0/s1. The number of nitrogens with one attached hydrogen (secondary N) is 4. The molecule has 17 nitrogen and oxygen atoms in total. The van der Waals surface area contributed by atoms with Gasteiger partial charge in [-0.05, 0) is 111 Å². The number of ether oxygens (including phenoxy) is 4. The number of hydrogen-bond donors (Lipinski definition) is 4. The van der Waals surface area contributed by atoms with Gasteiger partial charge in [-0.25, -0.2) is 4.39 Å². The van der Waals surface area contributed by atoms with E-state index >= 15 is 4.39 Å². The van der Waals surface area contributed by atoms with Crippen LogP contribution < -0.4 is 26.0 Å². The predicted octanol–water partition coefficient (Wildman–Crippen LogP) is 8.04. The maximum absolute atomic E-state index is 16.3. The molecule has 4 N–H and O–H groups in total. The first kappa shape index (κ1) is 55.3. The van der Waals surface area contributed by atoms with E-state index in [4.69, 9.17) is 42.1 Å². The van der Waals surface area contributed by atoms with Gasteiger partial charge in [0.2, 0.25) is 23.6 Å². The Balaban J connectivity index is 0.646. The molecule has 4 atom stereocenters. The van der Waals surface area contributed by atoms with E-state index in [1.54, 1.807) is 48.5 Å². The molecule has 3 fully saturated rings. The lowest BCUT2D eigenvalue weighted by Crippen LogP contribution is -2.60. The first-order valence-corrected chi connectivity index (χ1v) is 27.0. The molecule has 1 aliphatic carbocycles. The molecule has 406 valence electrons. The second-order valence-corrected chi connectivity index (χ2v) is 20.9. The van der Waals surface area contributed by atoms with E-state index in [0.717, 1.165) is 24.2 Å². The van der Waals surface area contributed by atoms with Gasteiger partial charge >= 0.3 is 0 Å². The largest absolute Gasteiger partial charge is 0.485 e. The number of unbranched alkanes of at least 4 members (excludes halogenated alkanes) is 2. The van der Waals surface area contributed by atoms with Crippen molar-refractivity contribution in [2.24, 2.45) is 0 Å². The van der Waals surface area contributed by atoms with Crippen LogP contribution in [0.4, 0.5) is 15.8 Å². The Morgan fingerprint density at radius 1 is 0.753 bits per heavy atom. The molecule has 77 heavy (non-hydrogen) atoms. The number of ketones is 2. The summed E-state index contributed by atoms with van der Waals surface area (Å²) in [5.41, 5.74) is 0.115. The van der Waals surface area contributed by atoms with Crippen molar-refractivity contribution in [3.8, 4) is 5.75 Å². The maximum Gasteiger partial charge on any atom is 0.266 e. The SMILES string of the molecule is O=C(CCCCOCCOCCOCCCCC(=O)c1ccc(NC(=O)[C@@H]2NC3(CCCCC3)[C@@]3(C(=O)Nc4cc(Cl)ccc43)[C@H]2c2cccc(Cl)c2F)cc1)COc1cccc2c1C(=O)N(C1CCC(=O)NC1=O)C2=O. The van der Waals surface area contributed by atoms with Crippen molar-refractivity contribution in [3.63, 3.8) is 0 Å². The minimum Gasteiger partial charge on any atom is -0.485 e. The van der Waals surface area contributed by atoms with E-state index in [2.05, 4.69) is 21.3 Å². The number of carbonyl (C=O) groups excluding carboxylic acids is 8. The van der Waals surface area contributed by atoms with Crippen LogP contribution in [-0.2, 0) is 43.6 Å². The van der Waals surface area contributed by atoms with Crippen LogP contribution >= 0.6 is 23.2 Å². The second kappa shape index (κ2) is 24.5. The van der Waals surface area contributed by atoms with E-state index in [9.17, 15) is 38.4 Å². The lowest BCUT2D eigenvalue weighted by Gasteiger charge is -2.47. The quantitative estimate of drug-likeness (QED) is 0.0297. The number of halogens is 3. The highest BCUT2D eigenvalue weighted by molar-refractivity contribution is 6.31. The molecule has 4 aromatic carbocycles. The first-order valence-electron chi connectivity index (χ1n) is 26.2. The molecular weight excluding hydrogens is 1040 g/mol. The second-order valence-electron chi connectivity index (χ2n) is 20.0. The van der Waals surface area contributed by atoms with Crippen molar-refractivity contribution in [1.82, 2.24) is 15.5 Å². The minimum atomic E-state index is -1.36. The number of amides is 6. The van der Waals surface area contributed by atoms with Crippen molar-refractivity contribution < 1.29 is 61.7 Å². The van der Waals surface area contributed by atoms with Gasteiger partial charge in [-0.15, -0.1) is 0 Å². The van der Waals surface area contributed by atoms with Crippen LogP contribution in [0.25, 0.3) is 0 Å². The monoisotopic (exact) mass is 1100 g/mol. The fourth-order valence-electron chi connectivity index (χ4n) is 11.7. The number of rotatable bonds is 24. The summed E-state index contributed by atoms with van der Waals surface area (Å²) >= 11 is 12.8. The van der Waals surface area contributed by atoms with Gasteiger partial charge < -0.3 is 29.6 Å². The van der Waals surface area contributed by atoms with Gasteiger partial charge in [-0.1, -0.05) is 66.7 Å². The molecule has 6 amide bonds. The Morgan fingerprint density at radius 3 is 2.16 bits per heavy atom. The van der Waals surface area contributed by atoms with Gasteiger partial charge in [-0.2, -0.15) is 0 Å². The van der Waals surface area contributed by atoms with E-state index in [-0.39, 0.29) is 70.8 Å². The zero-order valence-electron chi connectivity index (χ0n) is 42.4. The molecule has 4 heterocycles. The Kier molecular flexibility index (Phi) is 17.6. The fraction of sp³-hybridized carbons (Fsp3) is 0.439. The van der Waals surface area contributed by atoms with Gasteiger partial charge in [0.05, 0.1) is 48.6 Å². The number of anilines is 2. The predicted molar refractivity (Wildman–Crippen MR) is 282 cm³/mol. The van der Waals surface area contributed by atoms with Crippen molar-refractivity contribution in [3.05, 3.63) is 123 Å². The third-order valence-corrected chi connectivity index (χ3v) is 15.8.